The van der Waals surface area contributed by atoms with E-state index in [9.17, 15) is 4.79 Å². The number of nitriles is 1. The van der Waals surface area contributed by atoms with Crippen LogP contribution in [0, 0.1) is 23.7 Å². The van der Waals surface area contributed by atoms with Gasteiger partial charge in [0.25, 0.3) is 0 Å². The van der Waals surface area contributed by atoms with Crippen LogP contribution in [0.1, 0.15) is 22.8 Å². The number of carbonyl (C=O) groups excluding carboxylic acids is 1. The maximum atomic E-state index is 11.3. The Morgan fingerprint density at radius 3 is 2.94 bits per heavy atom. The summed E-state index contributed by atoms with van der Waals surface area (Å²) in [6, 6.07) is 7.14. The first-order chi connectivity index (χ1) is 8.69. The summed E-state index contributed by atoms with van der Waals surface area (Å²) in [4.78, 5) is 11.3. The number of thioether (sulfide) groups is 1. The van der Waals surface area contributed by atoms with E-state index in [0.717, 1.165) is 5.75 Å². The molecule has 4 heteroatoms. The van der Waals surface area contributed by atoms with Gasteiger partial charge >= 0.3 is 0 Å². The third kappa shape index (κ3) is 4.16. The van der Waals surface area contributed by atoms with Crippen LogP contribution in [0.4, 0.5) is 5.69 Å². The third-order valence-corrected chi connectivity index (χ3v) is 3.16. The quantitative estimate of drug-likeness (QED) is 0.484. The molecule has 0 saturated carbocycles. The van der Waals surface area contributed by atoms with Crippen LogP contribution in [0.15, 0.2) is 18.2 Å². The molecule has 0 radical (unpaired) electrons. The number of benzene rings is 1. The van der Waals surface area contributed by atoms with Gasteiger partial charge in [-0.05, 0) is 25.1 Å². The molecule has 0 aliphatic carbocycles. The van der Waals surface area contributed by atoms with E-state index < -0.39 is 0 Å². The first kappa shape index (κ1) is 14.2. The summed E-state index contributed by atoms with van der Waals surface area (Å²) in [7, 11) is 0. The number of hydrogen-bond acceptors (Lipinski definition) is 4. The molecule has 0 atom stereocenters. The van der Waals surface area contributed by atoms with E-state index in [4.69, 9.17) is 11.7 Å². The zero-order valence-electron chi connectivity index (χ0n) is 10.2. The van der Waals surface area contributed by atoms with Crippen LogP contribution in [-0.2, 0) is 0 Å². The Morgan fingerprint density at radius 2 is 2.33 bits per heavy atom. The molecule has 0 unspecified atom stereocenters. The smallest absolute Gasteiger partial charge is 0.159 e. The lowest BCUT2D eigenvalue weighted by atomic mass is 10.1. The predicted octanol–water partition coefficient (Wildman–Crippen LogP) is 2.54. The number of hydrogen-bond donors (Lipinski definition) is 1. The molecule has 92 valence electrons. The predicted molar refractivity (Wildman–Crippen MR) is 75.8 cm³/mol. The molecule has 0 fully saturated rings. The molecule has 0 spiro atoms. The molecule has 0 amide bonds. The fourth-order valence-electron chi connectivity index (χ4n) is 1.40. The van der Waals surface area contributed by atoms with Gasteiger partial charge in [-0.1, -0.05) is 5.92 Å². The normalized spacial score (nSPS) is 9.28. The third-order valence-electron chi connectivity index (χ3n) is 2.29. The van der Waals surface area contributed by atoms with Gasteiger partial charge in [0, 0.05) is 17.9 Å². The molecule has 0 saturated heterocycles. The van der Waals surface area contributed by atoms with Gasteiger partial charge in [-0.2, -0.15) is 5.26 Å². The summed E-state index contributed by atoms with van der Waals surface area (Å²) >= 11 is 1.65. The minimum atomic E-state index is -0.00996. The lowest BCUT2D eigenvalue weighted by molar-refractivity contribution is 0.101. The number of nitrogens with zero attached hydrogens (tertiary/aromatic N) is 1. The van der Waals surface area contributed by atoms with Gasteiger partial charge in [0.1, 0.15) is 6.07 Å². The second-order valence-corrected chi connectivity index (χ2v) is 4.72. The van der Waals surface area contributed by atoms with E-state index in [1.165, 1.54) is 6.92 Å². The van der Waals surface area contributed by atoms with E-state index in [2.05, 4.69) is 17.3 Å². The van der Waals surface area contributed by atoms with Crippen LogP contribution in [0.5, 0.6) is 0 Å². The fraction of sp³-hybridized carbons (Fsp3) is 0.286. The van der Waals surface area contributed by atoms with Crippen LogP contribution >= 0.6 is 11.8 Å². The van der Waals surface area contributed by atoms with E-state index in [0.29, 0.717) is 29.1 Å². The van der Waals surface area contributed by atoms with Crippen LogP contribution in [0.3, 0.4) is 0 Å². The Balaban J connectivity index is 2.68. The van der Waals surface area contributed by atoms with Crippen molar-refractivity contribution in [3.63, 3.8) is 0 Å². The minimum Gasteiger partial charge on any atom is -0.383 e. The van der Waals surface area contributed by atoms with Crippen molar-refractivity contribution in [2.24, 2.45) is 0 Å². The van der Waals surface area contributed by atoms with Crippen molar-refractivity contribution in [1.29, 1.82) is 5.26 Å². The summed E-state index contributed by atoms with van der Waals surface area (Å²) in [6.07, 6.45) is 5.15. The molecule has 0 bridgehead atoms. The van der Waals surface area contributed by atoms with Crippen LogP contribution in [0.2, 0.25) is 0 Å². The average Bonchev–Trinajstić information content (AvgIpc) is 2.38. The molecule has 1 aromatic carbocycles. The summed E-state index contributed by atoms with van der Waals surface area (Å²) in [5.74, 6) is 4.08. The highest BCUT2D eigenvalue weighted by Crippen LogP contribution is 2.17. The van der Waals surface area contributed by atoms with Crippen molar-refractivity contribution in [2.75, 3.05) is 23.4 Å². The second kappa shape index (κ2) is 7.42. The van der Waals surface area contributed by atoms with Crippen molar-refractivity contribution in [3.05, 3.63) is 29.3 Å². The van der Waals surface area contributed by atoms with Gasteiger partial charge < -0.3 is 5.32 Å². The van der Waals surface area contributed by atoms with E-state index in [1.807, 2.05) is 0 Å². The molecule has 1 N–H and O–H groups in total. The molecule has 1 rings (SSSR count). The number of terminal acetylenes is 1. The monoisotopic (exact) mass is 258 g/mol. The molecule has 0 heterocycles. The van der Waals surface area contributed by atoms with Gasteiger partial charge in [-0.15, -0.1) is 18.2 Å². The molecule has 3 nitrogen and oxygen atoms in total. The van der Waals surface area contributed by atoms with Gasteiger partial charge in [0.2, 0.25) is 0 Å². The molecule has 0 aliphatic rings. The number of Topliss-reactive ketones (excluding diaryl/α,β-unsaturated/α-hetero) is 1. The van der Waals surface area contributed by atoms with Gasteiger partial charge in [-0.3, -0.25) is 4.79 Å². The zero-order chi connectivity index (χ0) is 13.4. The maximum Gasteiger partial charge on any atom is 0.159 e. The van der Waals surface area contributed by atoms with E-state index in [1.54, 1.807) is 30.0 Å². The topological polar surface area (TPSA) is 52.9 Å². The largest absolute Gasteiger partial charge is 0.383 e. The van der Waals surface area contributed by atoms with Gasteiger partial charge in [0.15, 0.2) is 5.78 Å². The lowest BCUT2D eigenvalue weighted by Crippen LogP contribution is -2.07. The summed E-state index contributed by atoms with van der Waals surface area (Å²) in [5, 5.41) is 12.1. The number of anilines is 1. The molecule has 18 heavy (non-hydrogen) atoms. The Kier molecular flexibility index (Phi) is 5.84. The molecule has 1 aromatic rings. The number of rotatable bonds is 6. The summed E-state index contributed by atoms with van der Waals surface area (Å²) < 4.78 is 0. The number of carbonyl (C=O) groups is 1. The van der Waals surface area contributed by atoms with Crippen LogP contribution < -0.4 is 5.32 Å². The zero-order valence-corrected chi connectivity index (χ0v) is 11.0. The van der Waals surface area contributed by atoms with Gasteiger partial charge in [0.05, 0.1) is 17.0 Å². The number of nitrogens with one attached hydrogen (secondary N) is 1. The van der Waals surface area contributed by atoms with Crippen LogP contribution in [-0.4, -0.2) is 23.8 Å². The Labute approximate surface area is 112 Å². The van der Waals surface area contributed by atoms with Crippen molar-refractivity contribution < 1.29 is 4.79 Å². The molecule has 0 aliphatic heterocycles. The maximum absolute atomic E-state index is 11.3. The van der Waals surface area contributed by atoms with Crippen molar-refractivity contribution >= 4 is 23.2 Å². The Bertz CT molecular complexity index is 512. The highest BCUT2D eigenvalue weighted by molar-refractivity contribution is 7.99. The first-order valence-corrected chi connectivity index (χ1v) is 6.64. The summed E-state index contributed by atoms with van der Waals surface area (Å²) in [5.41, 5.74) is 1.85. The lowest BCUT2D eigenvalue weighted by Gasteiger charge is -2.08. The highest BCUT2D eigenvalue weighted by Gasteiger charge is 2.05. The fourth-order valence-corrected chi connectivity index (χ4v) is 1.90. The minimum absolute atomic E-state index is 0.00996. The standard InChI is InChI=1S/C14H14N2OS/c1-3-7-18-8-6-16-14-9-12(11(2)17)4-5-13(14)10-15/h1,4-5,9,16H,6-8H2,2H3. The first-order valence-electron chi connectivity index (χ1n) is 5.49. The molecule has 0 aromatic heterocycles. The van der Waals surface area contributed by atoms with Crippen molar-refractivity contribution in [2.45, 2.75) is 6.92 Å². The SMILES string of the molecule is C#CCSCCNc1cc(C(C)=O)ccc1C#N. The van der Waals surface area contributed by atoms with E-state index in [-0.39, 0.29) is 5.78 Å². The van der Waals surface area contributed by atoms with Crippen LogP contribution in [0.25, 0.3) is 0 Å². The molecular formula is C14H14N2OS. The molecular weight excluding hydrogens is 244 g/mol. The second-order valence-electron chi connectivity index (χ2n) is 3.61. The van der Waals surface area contributed by atoms with Crippen molar-refractivity contribution in [3.8, 4) is 18.4 Å². The highest BCUT2D eigenvalue weighted by atomic mass is 32.2. The summed E-state index contributed by atoms with van der Waals surface area (Å²) in [6.45, 7) is 2.22. The average molecular weight is 258 g/mol. The van der Waals surface area contributed by atoms with Gasteiger partial charge in [-0.25, -0.2) is 0 Å². The van der Waals surface area contributed by atoms with E-state index >= 15 is 0 Å². The Hall–Kier alpha value is -1.91. The number of ketones is 1. The van der Waals surface area contributed by atoms with Crippen molar-refractivity contribution in [1.82, 2.24) is 0 Å². The Morgan fingerprint density at radius 1 is 1.56 bits per heavy atom.